The van der Waals surface area contributed by atoms with Crippen LogP contribution in [0.25, 0.3) is 0 Å². The summed E-state index contributed by atoms with van der Waals surface area (Å²) in [5.74, 6) is -0.982. The van der Waals surface area contributed by atoms with Crippen LogP contribution in [0.4, 0.5) is 17.1 Å². The van der Waals surface area contributed by atoms with E-state index in [9.17, 15) is 24.3 Å². The Morgan fingerprint density at radius 3 is 2.22 bits per heavy atom. The van der Waals surface area contributed by atoms with Gasteiger partial charge in [0, 0.05) is 48.9 Å². The van der Waals surface area contributed by atoms with Crippen LogP contribution in [-0.2, 0) is 31.3 Å². The minimum absolute atomic E-state index is 0.119. The molecule has 1 saturated heterocycles. The molecule has 0 aromatic heterocycles. The summed E-state index contributed by atoms with van der Waals surface area (Å²) in [5.41, 5.74) is 1.78. The number of carbonyl (C=O) groups excluding carboxylic acids is 3. The van der Waals surface area contributed by atoms with Gasteiger partial charge in [0.1, 0.15) is 0 Å². The zero-order valence-corrected chi connectivity index (χ0v) is 22.9. The Hall–Kier alpha value is -3.05. The number of amides is 3. The predicted molar refractivity (Wildman–Crippen MR) is 144 cm³/mol. The molecule has 9 nitrogen and oxygen atoms in total. The first kappa shape index (κ1) is 27.0. The number of hydrogen-bond acceptors (Lipinski definition) is 6. The summed E-state index contributed by atoms with van der Waals surface area (Å²) in [6.07, 6.45) is -0.170. The van der Waals surface area contributed by atoms with Crippen molar-refractivity contribution in [3.05, 3.63) is 53.6 Å². The topological polar surface area (TPSA) is 128 Å². The van der Waals surface area contributed by atoms with Gasteiger partial charge in [-0.1, -0.05) is 19.1 Å². The van der Waals surface area contributed by atoms with Gasteiger partial charge in [-0.05, 0) is 55.4 Å². The standard InChI is InChI=1S/C27H35N3O6Si/c1-16-25(37(4,5)35)24(12-13-31)36-27(16)22-14-21(29-18(3)33)10-11-23(22)30(26(27)34)15-19-6-8-20(9-7-19)28-17(2)32/h6-11,14,16,24-25,31,35H,12-13,15H2,1-5H3,(H,28,32)(H,29,33)/t16-,24+,25-,27+/m0/s1. The molecule has 2 aromatic rings. The maximum atomic E-state index is 14.3. The molecule has 0 saturated carbocycles. The van der Waals surface area contributed by atoms with Crippen LogP contribution in [0.2, 0.25) is 18.6 Å². The number of hydrogen-bond donors (Lipinski definition) is 4. The highest BCUT2D eigenvalue weighted by Gasteiger charge is 2.66. The molecule has 2 aliphatic rings. The van der Waals surface area contributed by atoms with E-state index in [2.05, 4.69) is 10.6 Å². The fourth-order valence-corrected chi connectivity index (χ4v) is 8.59. The maximum Gasteiger partial charge on any atom is 0.264 e. The van der Waals surface area contributed by atoms with Gasteiger partial charge in [0.2, 0.25) is 11.8 Å². The van der Waals surface area contributed by atoms with Crippen molar-refractivity contribution in [2.75, 3.05) is 22.1 Å². The fraction of sp³-hybridized carbons (Fsp3) is 0.444. The second-order valence-electron chi connectivity index (χ2n) is 10.6. The molecule has 0 unspecified atom stereocenters. The van der Waals surface area contributed by atoms with E-state index in [-0.39, 0.29) is 42.3 Å². The van der Waals surface area contributed by atoms with Crippen LogP contribution in [0.1, 0.15) is 38.3 Å². The third kappa shape index (κ3) is 4.94. The highest BCUT2D eigenvalue weighted by atomic mass is 28.4. The number of aliphatic hydroxyl groups excluding tert-OH is 1. The predicted octanol–water partition coefficient (Wildman–Crippen LogP) is 3.33. The smallest absolute Gasteiger partial charge is 0.264 e. The van der Waals surface area contributed by atoms with Crippen LogP contribution in [0.5, 0.6) is 0 Å². The number of ether oxygens (including phenoxy) is 1. The van der Waals surface area contributed by atoms with Crippen LogP contribution in [0, 0.1) is 5.92 Å². The molecular weight excluding hydrogens is 490 g/mol. The van der Waals surface area contributed by atoms with Crippen LogP contribution in [0.15, 0.2) is 42.5 Å². The van der Waals surface area contributed by atoms with Gasteiger partial charge < -0.3 is 30.2 Å². The Kier molecular flexibility index (Phi) is 7.31. The van der Waals surface area contributed by atoms with Crippen molar-refractivity contribution in [3.8, 4) is 0 Å². The Bertz CT molecular complexity index is 1210. The molecular formula is C27H35N3O6Si. The molecule has 0 radical (unpaired) electrons. The Balaban J connectivity index is 1.79. The first-order valence-corrected chi connectivity index (χ1v) is 15.5. The van der Waals surface area contributed by atoms with Crippen LogP contribution < -0.4 is 15.5 Å². The molecule has 10 heteroatoms. The lowest BCUT2D eigenvalue weighted by Gasteiger charge is -2.32. The van der Waals surface area contributed by atoms with E-state index in [1.165, 1.54) is 13.8 Å². The number of benzene rings is 2. The first-order chi connectivity index (χ1) is 17.4. The number of nitrogens with one attached hydrogen (secondary N) is 2. The van der Waals surface area contributed by atoms with Crippen molar-refractivity contribution in [3.63, 3.8) is 0 Å². The zero-order valence-electron chi connectivity index (χ0n) is 21.9. The van der Waals surface area contributed by atoms with E-state index >= 15 is 0 Å². The molecule has 37 heavy (non-hydrogen) atoms. The SMILES string of the molecule is CC(=O)Nc1ccc(CN2C(=O)[C@]3(O[C@H](CCO)[C@@H]([Si](C)(C)O)[C@@H]3C)c3cc(NC(C)=O)ccc32)cc1. The monoisotopic (exact) mass is 525 g/mol. The lowest BCUT2D eigenvalue weighted by molar-refractivity contribution is -0.146. The first-order valence-electron chi connectivity index (χ1n) is 12.5. The Morgan fingerprint density at radius 1 is 1.05 bits per heavy atom. The zero-order chi connectivity index (χ0) is 27.1. The molecule has 4 rings (SSSR count). The summed E-state index contributed by atoms with van der Waals surface area (Å²) in [6, 6.07) is 12.6. The van der Waals surface area contributed by atoms with Gasteiger partial charge in [-0.15, -0.1) is 0 Å². The van der Waals surface area contributed by atoms with Crippen LogP contribution in [0.3, 0.4) is 0 Å². The van der Waals surface area contributed by atoms with Gasteiger partial charge in [0.15, 0.2) is 13.9 Å². The fourth-order valence-electron chi connectivity index (χ4n) is 5.99. The lowest BCUT2D eigenvalue weighted by Crippen LogP contribution is -2.46. The van der Waals surface area contributed by atoms with E-state index in [4.69, 9.17) is 4.74 Å². The Labute approximate surface area is 218 Å². The molecule has 4 atom stereocenters. The van der Waals surface area contributed by atoms with E-state index in [0.717, 1.165) is 5.56 Å². The average molecular weight is 526 g/mol. The number of fused-ring (bicyclic) bond motifs is 2. The number of aliphatic hydroxyl groups is 1. The summed E-state index contributed by atoms with van der Waals surface area (Å²) in [5, 5.41) is 15.3. The maximum absolute atomic E-state index is 14.3. The van der Waals surface area contributed by atoms with Crippen LogP contribution >= 0.6 is 0 Å². The van der Waals surface area contributed by atoms with E-state index in [0.29, 0.717) is 29.0 Å². The van der Waals surface area contributed by atoms with Gasteiger partial charge >= 0.3 is 0 Å². The lowest BCUT2D eigenvalue weighted by atomic mass is 9.82. The van der Waals surface area contributed by atoms with Crippen molar-refractivity contribution in [2.24, 2.45) is 5.92 Å². The molecule has 0 bridgehead atoms. The molecule has 2 aliphatic heterocycles. The van der Waals surface area contributed by atoms with Crippen molar-refractivity contribution in [1.29, 1.82) is 0 Å². The Morgan fingerprint density at radius 2 is 1.65 bits per heavy atom. The minimum Gasteiger partial charge on any atom is -0.432 e. The number of rotatable bonds is 7. The number of nitrogens with zero attached hydrogens (tertiary/aromatic N) is 1. The largest absolute Gasteiger partial charge is 0.432 e. The molecule has 2 heterocycles. The third-order valence-electron chi connectivity index (χ3n) is 7.33. The van der Waals surface area contributed by atoms with Gasteiger partial charge in [-0.2, -0.15) is 0 Å². The molecule has 198 valence electrons. The summed E-state index contributed by atoms with van der Waals surface area (Å²) < 4.78 is 6.59. The van der Waals surface area contributed by atoms with Crippen molar-refractivity contribution < 1.29 is 29.0 Å². The molecule has 4 N–H and O–H groups in total. The van der Waals surface area contributed by atoms with Crippen LogP contribution in [-0.4, -0.2) is 48.7 Å². The molecule has 3 amide bonds. The van der Waals surface area contributed by atoms with Crippen molar-refractivity contribution in [2.45, 2.75) is 64.1 Å². The second kappa shape index (κ2) is 10.0. The molecule has 1 fully saturated rings. The van der Waals surface area contributed by atoms with Gasteiger partial charge in [-0.25, -0.2) is 0 Å². The van der Waals surface area contributed by atoms with Crippen molar-refractivity contribution >= 4 is 43.1 Å². The van der Waals surface area contributed by atoms with Gasteiger partial charge in [0.05, 0.1) is 18.3 Å². The highest BCUT2D eigenvalue weighted by Crippen LogP contribution is 2.60. The highest BCUT2D eigenvalue weighted by molar-refractivity contribution is 6.71. The molecule has 2 aromatic carbocycles. The normalized spacial score (nSPS) is 24.9. The summed E-state index contributed by atoms with van der Waals surface area (Å²) in [4.78, 5) is 50.3. The quantitative estimate of drug-likeness (QED) is 0.411. The number of anilines is 3. The minimum atomic E-state index is -2.80. The molecule has 0 aliphatic carbocycles. The van der Waals surface area contributed by atoms with Gasteiger partial charge in [0.25, 0.3) is 5.91 Å². The van der Waals surface area contributed by atoms with E-state index in [1.807, 2.05) is 38.2 Å². The second-order valence-corrected chi connectivity index (χ2v) is 14.5. The summed E-state index contributed by atoms with van der Waals surface area (Å²) in [6.45, 7) is 8.63. The van der Waals surface area contributed by atoms with Crippen molar-refractivity contribution in [1.82, 2.24) is 0 Å². The molecule has 1 spiro atoms. The summed E-state index contributed by atoms with van der Waals surface area (Å²) >= 11 is 0. The van der Waals surface area contributed by atoms with E-state index < -0.39 is 20.0 Å². The third-order valence-corrected chi connectivity index (χ3v) is 9.84. The van der Waals surface area contributed by atoms with E-state index in [1.54, 1.807) is 29.2 Å². The average Bonchev–Trinajstić information content (AvgIpc) is 3.21. The number of carbonyl (C=O) groups is 3. The van der Waals surface area contributed by atoms with Gasteiger partial charge in [-0.3, -0.25) is 14.4 Å². The summed E-state index contributed by atoms with van der Waals surface area (Å²) in [7, 11) is -2.80.